The molecule has 0 saturated carbocycles. The van der Waals surface area contributed by atoms with E-state index in [0.29, 0.717) is 5.92 Å². The Bertz CT molecular complexity index is 688. The number of nitrogens with zero attached hydrogens (tertiary/aromatic N) is 3. The van der Waals surface area contributed by atoms with Crippen LogP contribution in [0.15, 0.2) is 41.5 Å². The minimum absolute atomic E-state index is 0. The molecule has 26 heavy (non-hydrogen) atoms. The third kappa shape index (κ3) is 6.12. The Morgan fingerprint density at radius 2 is 2.12 bits per heavy atom. The molecule has 142 valence electrons. The molecule has 1 aromatic carbocycles. The molecule has 1 aliphatic heterocycles. The number of guanidine groups is 1. The molecular formula is C19H28IN5S. The topological polar surface area (TPSA) is 52.6 Å². The van der Waals surface area contributed by atoms with Gasteiger partial charge in [-0.3, -0.25) is 4.99 Å². The van der Waals surface area contributed by atoms with Crippen LogP contribution in [0.2, 0.25) is 0 Å². The molecule has 1 fully saturated rings. The molecule has 7 heteroatoms. The van der Waals surface area contributed by atoms with Crippen molar-refractivity contribution in [2.24, 2.45) is 10.9 Å². The van der Waals surface area contributed by atoms with Crippen LogP contribution < -0.4 is 15.5 Å². The number of hydrogen-bond donors (Lipinski definition) is 2. The smallest absolute Gasteiger partial charge is 0.191 e. The van der Waals surface area contributed by atoms with Gasteiger partial charge < -0.3 is 15.5 Å². The molecule has 2 heterocycles. The van der Waals surface area contributed by atoms with Crippen molar-refractivity contribution < 1.29 is 0 Å². The highest BCUT2D eigenvalue weighted by molar-refractivity contribution is 14.0. The predicted octanol–water partition coefficient (Wildman–Crippen LogP) is 3.30. The van der Waals surface area contributed by atoms with E-state index in [9.17, 15) is 0 Å². The third-order valence-electron chi connectivity index (χ3n) is 4.49. The zero-order chi connectivity index (χ0) is 17.5. The molecule has 0 radical (unpaired) electrons. The van der Waals surface area contributed by atoms with Crippen LogP contribution in [-0.2, 0) is 6.42 Å². The van der Waals surface area contributed by atoms with Gasteiger partial charge in [-0.1, -0.05) is 18.2 Å². The first-order valence-electron chi connectivity index (χ1n) is 8.90. The zero-order valence-electron chi connectivity index (χ0n) is 15.4. The lowest BCUT2D eigenvalue weighted by molar-refractivity contribution is 0.566. The van der Waals surface area contributed by atoms with Crippen molar-refractivity contribution in [1.29, 1.82) is 0 Å². The summed E-state index contributed by atoms with van der Waals surface area (Å²) in [5.74, 6) is 1.53. The Kier molecular flexibility index (Phi) is 8.64. The quantitative estimate of drug-likeness (QED) is 0.375. The van der Waals surface area contributed by atoms with Gasteiger partial charge in [0.2, 0.25) is 0 Å². The second-order valence-electron chi connectivity index (χ2n) is 6.43. The number of benzene rings is 1. The van der Waals surface area contributed by atoms with E-state index in [1.54, 1.807) is 11.3 Å². The van der Waals surface area contributed by atoms with Crippen molar-refractivity contribution in [2.75, 3.05) is 38.1 Å². The van der Waals surface area contributed by atoms with Crippen LogP contribution in [0.5, 0.6) is 0 Å². The van der Waals surface area contributed by atoms with E-state index in [4.69, 9.17) is 0 Å². The monoisotopic (exact) mass is 485 g/mol. The van der Waals surface area contributed by atoms with Crippen LogP contribution in [-0.4, -0.2) is 44.2 Å². The Morgan fingerprint density at radius 1 is 1.31 bits per heavy atom. The Hall–Kier alpha value is -1.35. The van der Waals surface area contributed by atoms with Gasteiger partial charge in [0.25, 0.3) is 0 Å². The molecule has 1 saturated heterocycles. The van der Waals surface area contributed by atoms with Crippen LogP contribution in [0.25, 0.3) is 0 Å². The van der Waals surface area contributed by atoms with Gasteiger partial charge >= 0.3 is 0 Å². The maximum Gasteiger partial charge on any atom is 0.191 e. The van der Waals surface area contributed by atoms with Crippen molar-refractivity contribution in [3.63, 3.8) is 0 Å². The lowest BCUT2D eigenvalue weighted by Crippen LogP contribution is -2.41. The highest BCUT2D eigenvalue weighted by atomic mass is 127. The standard InChI is InChI=1S/C19H27N5S.HI/c1-15-12-22-18(25-15)8-10-21-19(20-2)23-13-16-9-11-24(14-16)17-6-4-3-5-7-17;/h3-7,12,16H,8-11,13-14H2,1-2H3,(H2,20,21,23);1H. The summed E-state index contributed by atoms with van der Waals surface area (Å²) in [7, 11) is 1.83. The van der Waals surface area contributed by atoms with Crippen molar-refractivity contribution in [1.82, 2.24) is 15.6 Å². The molecule has 1 aromatic heterocycles. The number of aliphatic imine (C=N–C) groups is 1. The van der Waals surface area contributed by atoms with Crippen LogP contribution in [0.3, 0.4) is 0 Å². The van der Waals surface area contributed by atoms with Crippen LogP contribution in [0, 0.1) is 12.8 Å². The number of thiazole rings is 1. The Balaban J connectivity index is 0.00000243. The SMILES string of the molecule is CN=C(NCCc1ncc(C)s1)NCC1CCN(c2ccccc2)C1.I. The largest absolute Gasteiger partial charge is 0.371 e. The Morgan fingerprint density at radius 3 is 2.81 bits per heavy atom. The van der Waals surface area contributed by atoms with Crippen molar-refractivity contribution in [2.45, 2.75) is 19.8 Å². The van der Waals surface area contributed by atoms with Gasteiger partial charge in [-0.2, -0.15) is 0 Å². The summed E-state index contributed by atoms with van der Waals surface area (Å²) in [6.45, 7) is 6.14. The van der Waals surface area contributed by atoms with Crippen LogP contribution in [0.4, 0.5) is 5.69 Å². The molecule has 5 nitrogen and oxygen atoms in total. The lowest BCUT2D eigenvalue weighted by Gasteiger charge is -2.19. The number of hydrogen-bond acceptors (Lipinski definition) is 4. The van der Waals surface area contributed by atoms with Gasteiger partial charge in [-0.25, -0.2) is 4.98 Å². The number of nitrogens with one attached hydrogen (secondary N) is 2. The number of anilines is 1. The van der Waals surface area contributed by atoms with E-state index in [1.807, 2.05) is 13.2 Å². The van der Waals surface area contributed by atoms with E-state index in [0.717, 1.165) is 38.6 Å². The first-order chi connectivity index (χ1) is 12.2. The summed E-state index contributed by atoms with van der Waals surface area (Å²) in [5.41, 5.74) is 1.33. The molecular weight excluding hydrogens is 457 g/mol. The highest BCUT2D eigenvalue weighted by Crippen LogP contribution is 2.22. The molecule has 1 unspecified atom stereocenters. The van der Waals surface area contributed by atoms with Crippen molar-refractivity contribution in [3.05, 3.63) is 46.4 Å². The number of rotatable bonds is 6. The van der Waals surface area contributed by atoms with E-state index in [2.05, 4.69) is 62.8 Å². The van der Waals surface area contributed by atoms with Gasteiger partial charge in [0.05, 0.1) is 5.01 Å². The summed E-state index contributed by atoms with van der Waals surface area (Å²) < 4.78 is 0. The van der Waals surface area contributed by atoms with Gasteiger partial charge in [-0.15, -0.1) is 35.3 Å². The second kappa shape index (κ2) is 10.7. The number of aromatic nitrogens is 1. The summed E-state index contributed by atoms with van der Waals surface area (Å²) in [6.07, 6.45) is 4.09. The fourth-order valence-corrected chi connectivity index (χ4v) is 3.93. The Labute approximate surface area is 177 Å². The van der Waals surface area contributed by atoms with Crippen LogP contribution in [0.1, 0.15) is 16.3 Å². The fraction of sp³-hybridized carbons (Fsp3) is 0.474. The normalized spacial score (nSPS) is 17.1. The van der Waals surface area contributed by atoms with Crippen molar-refractivity contribution >= 4 is 47.0 Å². The third-order valence-corrected chi connectivity index (χ3v) is 5.46. The number of para-hydroxylation sites is 1. The van der Waals surface area contributed by atoms with E-state index in [-0.39, 0.29) is 24.0 Å². The zero-order valence-corrected chi connectivity index (χ0v) is 18.6. The summed E-state index contributed by atoms with van der Waals surface area (Å²) in [4.78, 5) is 12.5. The first-order valence-corrected chi connectivity index (χ1v) is 9.72. The predicted molar refractivity (Wildman–Crippen MR) is 122 cm³/mol. The minimum atomic E-state index is 0. The van der Waals surface area contributed by atoms with E-state index in [1.165, 1.54) is 22.0 Å². The molecule has 0 bridgehead atoms. The molecule has 2 aromatic rings. The average Bonchev–Trinajstić information content (AvgIpc) is 3.28. The summed E-state index contributed by atoms with van der Waals surface area (Å²) in [5, 5.41) is 8.03. The molecule has 0 spiro atoms. The molecule has 2 N–H and O–H groups in total. The molecule has 1 aliphatic rings. The number of halogens is 1. The first kappa shape index (κ1) is 21.0. The maximum atomic E-state index is 4.40. The van der Waals surface area contributed by atoms with Gasteiger partial charge in [0.1, 0.15) is 0 Å². The van der Waals surface area contributed by atoms with Gasteiger partial charge in [0, 0.05) is 56.4 Å². The van der Waals surface area contributed by atoms with Crippen molar-refractivity contribution in [3.8, 4) is 0 Å². The molecule has 1 atom stereocenters. The molecule has 0 aliphatic carbocycles. The van der Waals surface area contributed by atoms with E-state index < -0.39 is 0 Å². The van der Waals surface area contributed by atoms with Gasteiger partial charge in [0.15, 0.2) is 5.96 Å². The highest BCUT2D eigenvalue weighted by Gasteiger charge is 2.22. The molecule has 3 rings (SSSR count). The second-order valence-corrected chi connectivity index (χ2v) is 7.75. The summed E-state index contributed by atoms with van der Waals surface area (Å²) >= 11 is 1.76. The van der Waals surface area contributed by atoms with E-state index >= 15 is 0 Å². The van der Waals surface area contributed by atoms with Crippen LogP contribution >= 0.6 is 35.3 Å². The minimum Gasteiger partial charge on any atom is -0.371 e. The average molecular weight is 485 g/mol. The van der Waals surface area contributed by atoms with Gasteiger partial charge in [-0.05, 0) is 31.4 Å². The lowest BCUT2D eigenvalue weighted by atomic mass is 10.1. The maximum absolute atomic E-state index is 4.40. The summed E-state index contributed by atoms with van der Waals surface area (Å²) in [6, 6.07) is 10.7. The number of aryl methyl sites for hydroxylation is 1. The molecule has 0 amide bonds. The fourth-order valence-electron chi connectivity index (χ4n) is 3.14.